The molecule has 2 amide bonds. The van der Waals surface area contributed by atoms with Gasteiger partial charge in [-0.3, -0.25) is 9.59 Å². The Morgan fingerprint density at radius 3 is 2.54 bits per heavy atom. The molecule has 0 spiro atoms. The molecule has 0 aromatic rings. The molecule has 26 heavy (non-hydrogen) atoms. The molecule has 0 radical (unpaired) electrons. The van der Waals surface area contributed by atoms with E-state index in [1.54, 1.807) is 4.90 Å². The minimum Gasteiger partial charge on any atom is -0.467 e. The monoisotopic (exact) mass is 368 g/mol. The average molecular weight is 368 g/mol. The molecule has 3 aliphatic heterocycles. The van der Waals surface area contributed by atoms with Crippen LogP contribution in [0.2, 0.25) is 0 Å². The van der Waals surface area contributed by atoms with E-state index in [4.69, 9.17) is 14.2 Å². The molecule has 3 heterocycles. The SMILES string of the molecule is CC[C@H](C)C(C(=O)OC)N1C[C@@H]2O[C@H](C1=O)[C@H](C(=O)N1CCCCC1)O2. The van der Waals surface area contributed by atoms with Crippen molar-refractivity contribution in [3.63, 3.8) is 0 Å². The Hall–Kier alpha value is -1.67. The quantitative estimate of drug-likeness (QED) is 0.659. The number of rotatable bonds is 5. The topological polar surface area (TPSA) is 85.4 Å². The van der Waals surface area contributed by atoms with Crippen molar-refractivity contribution in [2.45, 2.75) is 64.1 Å². The van der Waals surface area contributed by atoms with Gasteiger partial charge >= 0.3 is 5.97 Å². The van der Waals surface area contributed by atoms with Crippen LogP contribution in [-0.2, 0) is 28.6 Å². The maximum absolute atomic E-state index is 13.0. The van der Waals surface area contributed by atoms with Gasteiger partial charge in [-0.05, 0) is 25.2 Å². The molecule has 1 unspecified atom stereocenters. The van der Waals surface area contributed by atoms with Crippen LogP contribution in [0.4, 0.5) is 0 Å². The van der Waals surface area contributed by atoms with E-state index in [2.05, 4.69) is 0 Å². The van der Waals surface area contributed by atoms with Gasteiger partial charge in [0, 0.05) is 13.1 Å². The van der Waals surface area contributed by atoms with Gasteiger partial charge in [-0.25, -0.2) is 4.79 Å². The first-order chi connectivity index (χ1) is 12.5. The van der Waals surface area contributed by atoms with E-state index < -0.39 is 30.5 Å². The number of morpholine rings is 1. The number of esters is 1. The number of amides is 2. The molecule has 8 nitrogen and oxygen atoms in total. The van der Waals surface area contributed by atoms with Crippen LogP contribution < -0.4 is 0 Å². The highest BCUT2D eigenvalue weighted by Gasteiger charge is 2.54. The Morgan fingerprint density at radius 1 is 1.23 bits per heavy atom. The minimum atomic E-state index is -0.987. The van der Waals surface area contributed by atoms with Crippen LogP contribution in [0.15, 0.2) is 0 Å². The highest BCUT2D eigenvalue weighted by Crippen LogP contribution is 2.32. The Morgan fingerprint density at radius 2 is 1.92 bits per heavy atom. The van der Waals surface area contributed by atoms with Crippen molar-refractivity contribution in [1.29, 1.82) is 0 Å². The predicted molar refractivity (Wildman–Crippen MR) is 90.9 cm³/mol. The number of carbonyl (C=O) groups is 3. The number of methoxy groups -OCH3 is 1. The second-order valence-corrected chi connectivity index (χ2v) is 7.27. The molecular formula is C18H28N2O6. The molecule has 0 aromatic carbocycles. The molecule has 3 aliphatic rings. The second kappa shape index (κ2) is 7.92. The Bertz CT molecular complexity index is 562. The molecule has 3 fully saturated rings. The van der Waals surface area contributed by atoms with E-state index in [0.29, 0.717) is 13.1 Å². The van der Waals surface area contributed by atoms with Crippen LogP contribution in [0.25, 0.3) is 0 Å². The van der Waals surface area contributed by atoms with Gasteiger partial charge in [0.2, 0.25) is 0 Å². The summed E-state index contributed by atoms with van der Waals surface area (Å²) >= 11 is 0. The Labute approximate surface area is 153 Å². The molecule has 0 saturated carbocycles. The van der Waals surface area contributed by atoms with Gasteiger partial charge in [-0.15, -0.1) is 0 Å². The number of hydrogen-bond acceptors (Lipinski definition) is 6. The van der Waals surface area contributed by atoms with Crippen molar-refractivity contribution in [1.82, 2.24) is 9.80 Å². The largest absolute Gasteiger partial charge is 0.467 e. The molecular weight excluding hydrogens is 340 g/mol. The average Bonchev–Trinajstić information content (AvgIpc) is 3.04. The van der Waals surface area contributed by atoms with Crippen LogP contribution in [-0.4, -0.2) is 78.9 Å². The summed E-state index contributed by atoms with van der Waals surface area (Å²) in [5, 5.41) is 0. The molecule has 0 aromatic heterocycles. The maximum atomic E-state index is 13.0. The number of likely N-dealkylation sites (tertiary alicyclic amines) is 1. The van der Waals surface area contributed by atoms with Gasteiger partial charge < -0.3 is 24.0 Å². The van der Waals surface area contributed by atoms with Crippen molar-refractivity contribution < 1.29 is 28.6 Å². The Kier molecular flexibility index (Phi) is 5.82. The van der Waals surface area contributed by atoms with Crippen molar-refractivity contribution in [3.05, 3.63) is 0 Å². The summed E-state index contributed by atoms with van der Waals surface area (Å²) in [5.74, 6) is -1.08. The van der Waals surface area contributed by atoms with Crippen molar-refractivity contribution in [2.75, 3.05) is 26.7 Å². The summed E-state index contributed by atoms with van der Waals surface area (Å²) in [5.41, 5.74) is 0. The van der Waals surface area contributed by atoms with Gasteiger partial charge in [-0.2, -0.15) is 0 Å². The fourth-order valence-electron chi connectivity index (χ4n) is 3.93. The smallest absolute Gasteiger partial charge is 0.328 e. The zero-order valence-electron chi connectivity index (χ0n) is 15.7. The van der Waals surface area contributed by atoms with Gasteiger partial charge in [0.1, 0.15) is 6.04 Å². The highest BCUT2D eigenvalue weighted by atomic mass is 16.7. The van der Waals surface area contributed by atoms with E-state index in [1.807, 2.05) is 13.8 Å². The van der Waals surface area contributed by atoms with Crippen molar-refractivity contribution >= 4 is 17.8 Å². The van der Waals surface area contributed by atoms with Gasteiger partial charge in [0.25, 0.3) is 11.8 Å². The molecule has 0 aliphatic carbocycles. The summed E-state index contributed by atoms with van der Waals surface area (Å²) in [4.78, 5) is 41.3. The normalized spacial score (nSPS) is 30.9. The summed E-state index contributed by atoms with van der Waals surface area (Å²) in [6.45, 7) is 5.36. The minimum absolute atomic E-state index is 0.0693. The summed E-state index contributed by atoms with van der Waals surface area (Å²) in [7, 11) is 1.32. The van der Waals surface area contributed by atoms with Crippen LogP contribution in [0.3, 0.4) is 0 Å². The zero-order valence-corrected chi connectivity index (χ0v) is 15.7. The van der Waals surface area contributed by atoms with Crippen LogP contribution in [0.1, 0.15) is 39.5 Å². The molecule has 8 heteroatoms. The van der Waals surface area contributed by atoms with E-state index in [1.165, 1.54) is 12.0 Å². The zero-order chi connectivity index (χ0) is 18.8. The Balaban J connectivity index is 1.77. The number of hydrogen-bond donors (Lipinski definition) is 0. The van der Waals surface area contributed by atoms with Crippen LogP contribution >= 0.6 is 0 Å². The maximum Gasteiger partial charge on any atom is 0.328 e. The highest BCUT2D eigenvalue weighted by molar-refractivity contribution is 5.94. The first-order valence-electron chi connectivity index (χ1n) is 9.46. The van der Waals surface area contributed by atoms with Crippen LogP contribution in [0.5, 0.6) is 0 Å². The molecule has 3 saturated heterocycles. The first-order valence-corrected chi connectivity index (χ1v) is 9.46. The number of nitrogens with zero attached hydrogens (tertiary/aromatic N) is 2. The second-order valence-electron chi connectivity index (χ2n) is 7.27. The summed E-state index contributed by atoms with van der Waals surface area (Å²) in [6.07, 6.45) is 1.16. The number of piperidine rings is 1. The van der Waals surface area contributed by atoms with E-state index in [0.717, 1.165) is 25.7 Å². The first kappa shape index (κ1) is 19.1. The number of ether oxygens (including phenoxy) is 3. The number of fused-ring (bicyclic) bond motifs is 2. The lowest BCUT2D eigenvalue weighted by Crippen LogP contribution is -2.59. The van der Waals surface area contributed by atoms with E-state index in [9.17, 15) is 14.4 Å². The standard InChI is InChI=1S/C18H28N2O6/c1-4-11(2)13(18(23)24-3)20-10-12-25-14(15(26-12)17(20)22)16(21)19-8-6-5-7-9-19/h11-15H,4-10H2,1-3H3/t11-,12-,13?,14+,15-/m0/s1. The lowest BCUT2D eigenvalue weighted by atomic mass is 9.96. The van der Waals surface area contributed by atoms with Crippen molar-refractivity contribution in [3.8, 4) is 0 Å². The molecule has 146 valence electrons. The van der Waals surface area contributed by atoms with E-state index in [-0.39, 0.29) is 24.3 Å². The van der Waals surface area contributed by atoms with E-state index >= 15 is 0 Å². The summed E-state index contributed by atoms with van der Waals surface area (Å²) in [6, 6.07) is -0.696. The lowest BCUT2D eigenvalue weighted by Gasteiger charge is -2.37. The van der Waals surface area contributed by atoms with Crippen LogP contribution in [0, 0.1) is 5.92 Å². The van der Waals surface area contributed by atoms with Gasteiger partial charge in [-0.1, -0.05) is 20.3 Å². The summed E-state index contributed by atoms with van der Waals surface area (Å²) < 4.78 is 16.3. The fourth-order valence-corrected chi connectivity index (χ4v) is 3.93. The third-order valence-corrected chi connectivity index (χ3v) is 5.62. The fraction of sp³-hybridized carbons (Fsp3) is 0.833. The van der Waals surface area contributed by atoms with Gasteiger partial charge in [0.05, 0.1) is 13.7 Å². The molecule has 3 rings (SSSR count). The third kappa shape index (κ3) is 3.44. The molecule has 5 atom stereocenters. The van der Waals surface area contributed by atoms with Crippen molar-refractivity contribution in [2.24, 2.45) is 5.92 Å². The lowest BCUT2D eigenvalue weighted by molar-refractivity contribution is -0.175. The molecule has 0 N–H and O–H groups in total. The molecule has 2 bridgehead atoms. The third-order valence-electron chi connectivity index (χ3n) is 5.62. The predicted octanol–water partition coefficient (Wildman–Crippen LogP) is 0.539. The number of carbonyl (C=O) groups excluding carboxylic acids is 3. The van der Waals surface area contributed by atoms with Gasteiger partial charge in [0.15, 0.2) is 18.5 Å².